The highest BCUT2D eigenvalue weighted by Gasteiger charge is 2.29. The highest BCUT2D eigenvalue weighted by atomic mass is 35.5. The van der Waals surface area contributed by atoms with Gasteiger partial charge in [-0.05, 0) is 55.3 Å². The van der Waals surface area contributed by atoms with Gasteiger partial charge in [0.2, 0.25) is 10.0 Å². The molecule has 154 valence electrons. The van der Waals surface area contributed by atoms with Crippen molar-refractivity contribution in [2.45, 2.75) is 35.5 Å². The van der Waals surface area contributed by atoms with Crippen molar-refractivity contribution in [3.05, 3.63) is 53.1 Å². The van der Waals surface area contributed by atoms with E-state index in [0.717, 1.165) is 42.0 Å². The average Bonchev–Trinajstić information content (AvgIpc) is 2.96. The Hall–Kier alpha value is -1.54. The second-order valence-electron chi connectivity index (χ2n) is 7.23. The summed E-state index contributed by atoms with van der Waals surface area (Å²) in [6.45, 7) is 1.61. The van der Waals surface area contributed by atoms with Gasteiger partial charge in [0.05, 0.1) is 21.2 Å². The Labute approximate surface area is 181 Å². The topological polar surface area (TPSA) is 57.7 Å². The van der Waals surface area contributed by atoms with Crippen LogP contribution >= 0.6 is 23.4 Å². The standard InChI is InChI=1S/C21H23ClN2O3S2/c22-18-10-9-16(29(26,27)23-11-4-1-5-12-23)15-17(18)21(25)24-13-6-14-28-20-8-3-2-7-19(20)24/h2-3,7-10,15H,1,4-6,11-14H2. The van der Waals surface area contributed by atoms with E-state index in [2.05, 4.69) is 0 Å². The van der Waals surface area contributed by atoms with Crippen LogP contribution < -0.4 is 4.90 Å². The molecule has 0 bridgehead atoms. The number of benzene rings is 2. The third-order valence-corrected chi connectivity index (χ3v) is 8.68. The maximum Gasteiger partial charge on any atom is 0.259 e. The molecule has 0 atom stereocenters. The highest BCUT2D eigenvalue weighted by molar-refractivity contribution is 7.99. The Kier molecular flexibility index (Phi) is 6.20. The van der Waals surface area contributed by atoms with E-state index in [9.17, 15) is 13.2 Å². The Morgan fingerprint density at radius 2 is 1.72 bits per heavy atom. The predicted molar refractivity (Wildman–Crippen MR) is 118 cm³/mol. The normalized spacial score (nSPS) is 18.2. The highest BCUT2D eigenvalue weighted by Crippen LogP contribution is 2.35. The molecular weight excluding hydrogens is 428 g/mol. The SMILES string of the molecule is O=C(c1cc(S(=O)(=O)N2CCCCC2)ccc1Cl)N1CCCSc2ccccc21. The first-order chi connectivity index (χ1) is 14.0. The number of carbonyl (C=O) groups is 1. The van der Waals surface area contributed by atoms with Crippen molar-refractivity contribution in [1.29, 1.82) is 0 Å². The minimum atomic E-state index is -3.63. The second kappa shape index (κ2) is 8.68. The van der Waals surface area contributed by atoms with Crippen molar-refractivity contribution in [3.8, 4) is 0 Å². The molecule has 8 heteroatoms. The van der Waals surface area contributed by atoms with Gasteiger partial charge in [-0.1, -0.05) is 30.2 Å². The fraction of sp³-hybridized carbons (Fsp3) is 0.381. The van der Waals surface area contributed by atoms with Crippen molar-refractivity contribution in [2.24, 2.45) is 0 Å². The number of anilines is 1. The van der Waals surface area contributed by atoms with Crippen molar-refractivity contribution in [2.75, 3.05) is 30.3 Å². The smallest absolute Gasteiger partial charge is 0.259 e. The summed E-state index contributed by atoms with van der Waals surface area (Å²) in [5.74, 6) is 0.665. The fourth-order valence-corrected chi connectivity index (χ4v) is 6.50. The van der Waals surface area contributed by atoms with Crippen LogP contribution in [0.4, 0.5) is 5.69 Å². The summed E-state index contributed by atoms with van der Waals surface area (Å²) in [5.41, 5.74) is 1.08. The molecule has 29 heavy (non-hydrogen) atoms. The molecule has 2 aromatic carbocycles. The van der Waals surface area contributed by atoms with E-state index >= 15 is 0 Å². The summed E-state index contributed by atoms with van der Waals surface area (Å²) >= 11 is 8.08. The van der Waals surface area contributed by atoms with Gasteiger partial charge in [0.1, 0.15) is 0 Å². The van der Waals surface area contributed by atoms with E-state index in [1.54, 1.807) is 16.7 Å². The minimum absolute atomic E-state index is 0.129. The van der Waals surface area contributed by atoms with Crippen LogP contribution in [0.3, 0.4) is 0 Å². The average molecular weight is 451 g/mol. The first-order valence-corrected chi connectivity index (χ1v) is 12.6. The zero-order valence-corrected chi connectivity index (χ0v) is 18.4. The first kappa shape index (κ1) is 20.7. The number of carbonyl (C=O) groups excluding carboxylic acids is 1. The lowest BCUT2D eigenvalue weighted by Crippen LogP contribution is -2.36. The number of nitrogens with zero attached hydrogens (tertiary/aromatic N) is 2. The minimum Gasteiger partial charge on any atom is -0.307 e. The summed E-state index contributed by atoms with van der Waals surface area (Å²) in [6, 6.07) is 12.2. The third kappa shape index (κ3) is 4.19. The van der Waals surface area contributed by atoms with E-state index in [4.69, 9.17) is 11.6 Å². The Balaban J connectivity index is 1.70. The van der Waals surface area contributed by atoms with Gasteiger partial charge < -0.3 is 4.90 Å². The van der Waals surface area contributed by atoms with Gasteiger partial charge in [0.15, 0.2) is 0 Å². The molecule has 2 heterocycles. The molecular formula is C21H23ClN2O3S2. The fourth-order valence-electron chi connectivity index (χ4n) is 3.77. The van der Waals surface area contributed by atoms with Gasteiger partial charge in [-0.3, -0.25) is 4.79 Å². The van der Waals surface area contributed by atoms with Crippen LogP contribution in [0.5, 0.6) is 0 Å². The maximum absolute atomic E-state index is 13.4. The molecule has 0 aliphatic carbocycles. The lowest BCUT2D eigenvalue weighted by Gasteiger charge is -2.26. The molecule has 0 spiro atoms. The number of hydrogen-bond acceptors (Lipinski definition) is 4. The summed E-state index contributed by atoms with van der Waals surface area (Å²) in [7, 11) is -3.63. The third-order valence-electron chi connectivity index (χ3n) is 5.31. The number of sulfonamides is 1. The molecule has 2 aliphatic heterocycles. The van der Waals surface area contributed by atoms with Gasteiger partial charge in [-0.15, -0.1) is 11.8 Å². The van der Waals surface area contributed by atoms with E-state index in [1.165, 1.54) is 22.5 Å². The summed E-state index contributed by atoms with van der Waals surface area (Å²) in [4.78, 5) is 16.3. The summed E-state index contributed by atoms with van der Waals surface area (Å²) in [6.07, 6.45) is 3.62. The Morgan fingerprint density at radius 3 is 2.52 bits per heavy atom. The van der Waals surface area contributed by atoms with Crippen LogP contribution in [0.15, 0.2) is 52.3 Å². The Bertz CT molecular complexity index is 1020. The predicted octanol–water partition coefficient (Wildman–Crippen LogP) is 4.66. The second-order valence-corrected chi connectivity index (χ2v) is 10.7. The van der Waals surface area contributed by atoms with Crippen molar-refractivity contribution in [3.63, 3.8) is 0 Å². The van der Waals surface area contributed by atoms with Gasteiger partial charge >= 0.3 is 0 Å². The van der Waals surface area contributed by atoms with Gasteiger partial charge in [0.25, 0.3) is 5.91 Å². The van der Waals surface area contributed by atoms with Crippen molar-refractivity contribution < 1.29 is 13.2 Å². The maximum atomic E-state index is 13.4. The molecule has 2 aliphatic rings. The van der Waals surface area contributed by atoms with E-state index in [-0.39, 0.29) is 21.4 Å². The number of para-hydroxylation sites is 1. The van der Waals surface area contributed by atoms with Crippen molar-refractivity contribution >= 4 is 45.0 Å². The van der Waals surface area contributed by atoms with Crippen LogP contribution in [0.1, 0.15) is 36.0 Å². The van der Waals surface area contributed by atoms with Gasteiger partial charge in [-0.2, -0.15) is 4.31 Å². The first-order valence-electron chi connectivity index (χ1n) is 9.82. The quantitative estimate of drug-likeness (QED) is 0.682. The number of amides is 1. The summed E-state index contributed by atoms with van der Waals surface area (Å²) in [5, 5.41) is 0.266. The zero-order chi connectivity index (χ0) is 20.4. The van der Waals surface area contributed by atoms with Gasteiger partial charge in [-0.25, -0.2) is 8.42 Å². The Morgan fingerprint density at radius 1 is 0.966 bits per heavy atom. The van der Waals surface area contributed by atoms with E-state index in [0.29, 0.717) is 19.6 Å². The van der Waals surface area contributed by atoms with Crippen LogP contribution in [0, 0.1) is 0 Å². The number of halogens is 1. The number of hydrogen-bond donors (Lipinski definition) is 0. The lowest BCUT2D eigenvalue weighted by molar-refractivity contribution is 0.0986. The molecule has 1 saturated heterocycles. The number of piperidine rings is 1. The number of rotatable bonds is 3. The van der Waals surface area contributed by atoms with Crippen molar-refractivity contribution in [1.82, 2.24) is 4.31 Å². The number of thioether (sulfide) groups is 1. The summed E-state index contributed by atoms with van der Waals surface area (Å²) < 4.78 is 27.6. The molecule has 2 aromatic rings. The molecule has 5 nitrogen and oxygen atoms in total. The van der Waals surface area contributed by atoms with E-state index < -0.39 is 10.0 Å². The van der Waals surface area contributed by atoms with E-state index in [1.807, 2.05) is 24.3 Å². The zero-order valence-electron chi connectivity index (χ0n) is 16.0. The molecule has 0 N–H and O–H groups in total. The molecule has 0 radical (unpaired) electrons. The van der Waals surface area contributed by atoms with Crippen LogP contribution in [0.25, 0.3) is 0 Å². The molecule has 0 saturated carbocycles. The monoisotopic (exact) mass is 450 g/mol. The van der Waals surface area contributed by atoms with Gasteiger partial charge in [0, 0.05) is 24.5 Å². The molecule has 0 aromatic heterocycles. The molecule has 0 unspecified atom stereocenters. The van der Waals surface area contributed by atoms with Crippen LogP contribution in [-0.4, -0.2) is 44.0 Å². The van der Waals surface area contributed by atoms with Crippen LogP contribution in [-0.2, 0) is 10.0 Å². The molecule has 4 rings (SSSR count). The van der Waals surface area contributed by atoms with Crippen LogP contribution in [0.2, 0.25) is 5.02 Å². The lowest BCUT2D eigenvalue weighted by atomic mass is 10.1. The molecule has 1 fully saturated rings. The number of fused-ring (bicyclic) bond motifs is 1. The molecule has 1 amide bonds. The largest absolute Gasteiger partial charge is 0.307 e.